The maximum absolute atomic E-state index is 7.37. The molecule has 22 heteroatoms. The molecule has 1 nitrogen and oxygen atoms in total. The van der Waals surface area contributed by atoms with Crippen molar-refractivity contribution in [3.8, 4) is 33.4 Å². The van der Waals surface area contributed by atoms with Gasteiger partial charge in [0.25, 0.3) is 0 Å². The van der Waals surface area contributed by atoms with E-state index in [0.717, 1.165) is 21.5 Å². The monoisotopic (exact) mass is 856 g/mol. The molecule has 11 aromatic rings. The summed E-state index contributed by atoms with van der Waals surface area (Å²) < 4.78 is 6.58. The van der Waals surface area contributed by atoms with Crippen LogP contribution < -0.4 is 115 Å². The second-order valence-electron chi connectivity index (χ2n) is 18.0. The van der Waals surface area contributed by atoms with Crippen LogP contribution in [0.2, 0.25) is 0 Å². The third kappa shape index (κ3) is 6.32. The van der Waals surface area contributed by atoms with Crippen LogP contribution in [0.15, 0.2) is 59.0 Å². The zero-order valence-corrected chi connectivity index (χ0v) is 38.2. The molecule has 0 bridgehead atoms. The van der Waals surface area contributed by atoms with Crippen molar-refractivity contribution < 1.29 is 4.42 Å². The molecular formula is C50H9B21O. The summed E-state index contributed by atoms with van der Waals surface area (Å²) in [5.41, 5.74) is -0.0147. The molecule has 1 heterocycles. The van der Waals surface area contributed by atoms with Crippen LogP contribution >= 0.6 is 0 Å². The summed E-state index contributed by atoms with van der Waals surface area (Å²) in [7, 11) is 145. The van der Waals surface area contributed by atoms with Gasteiger partial charge in [-0.05, 0) is 93.8 Å². The van der Waals surface area contributed by atoms with Crippen LogP contribution in [-0.2, 0) is 0 Å². The average molecular weight is 853 g/mol. The van der Waals surface area contributed by atoms with E-state index < -0.39 is 0 Å². The fraction of sp³-hybridized carbons (Fsp3) is 0. The van der Waals surface area contributed by atoms with E-state index in [0.29, 0.717) is 16.7 Å². The quantitative estimate of drug-likeness (QED) is 0.0980. The molecule has 1 aromatic heterocycles. The normalized spacial score (nSPS) is 11.9. The van der Waals surface area contributed by atoms with E-state index in [9.17, 15) is 0 Å². The Morgan fingerprint density at radius 3 is 1.03 bits per heavy atom. The summed E-state index contributed by atoms with van der Waals surface area (Å²) in [6, 6.07) is 17.5. The van der Waals surface area contributed by atoms with E-state index >= 15 is 0 Å². The number of para-hydroxylation sites is 1. The molecule has 11 rings (SSSR count). The summed E-state index contributed by atoms with van der Waals surface area (Å²) in [5, 5.41) is 4.32. The molecule has 0 aliphatic heterocycles. The molecule has 42 radical (unpaired) electrons. The average Bonchev–Trinajstić information content (AvgIpc) is 3.74. The van der Waals surface area contributed by atoms with Gasteiger partial charge >= 0.3 is 0 Å². The first-order valence-electron chi connectivity index (χ1n) is 21.9. The Bertz CT molecular complexity index is 4300. The molecule has 278 valence electrons. The van der Waals surface area contributed by atoms with Gasteiger partial charge in [-0.15, -0.1) is 43.7 Å². The number of rotatable bonds is 3. The van der Waals surface area contributed by atoms with Gasteiger partial charge in [0.1, 0.15) is 176 Å². The summed E-state index contributed by atoms with van der Waals surface area (Å²) >= 11 is 0. The fourth-order valence-electron chi connectivity index (χ4n) is 10.8. The lowest BCUT2D eigenvalue weighted by atomic mass is 9.56. The Hall–Kier alpha value is -5.34. The van der Waals surface area contributed by atoms with Crippen molar-refractivity contribution in [2.75, 3.05) is 0 Å². The van der Waals surface area contributed by atoms with E-state index in [-0.39, 0.29) is 186 Å². The fourth-order valence-corrected chi connectivity index (χ4v) is 10.8. The van der Waals surface area contributed by atoms with Crippen molar-refractivity contribution >= 4 is 355 Å². The molecule has 0 atom stereocenters. The van der Waals surface area contributed by atoms with Crippen LogP contribution in [-0.4, -0.2) is 165 Å². The number of fused-ring (bicyclic) bond motifs is 9. The molecule has 0 saturated heterocycles. The van der Waals surface area contributed by atoms with Crippen molar-refractivity contribution in [1.82, 2.24) is 0 Å². The second kappa shape index (κ2) is 16.8. The van der Waals surface area contributed by atoms with Gasteiger partial charge in [-0.25, -0.2) is 0 Å². The highest BCUT2D eigenvalue weighted by molar-refractivity contribution is 6.77. The molecule has 0 spiro atoms. The molecule has 0 N–H and O–H groups in total. The molecule has 10 aromatic carbocycles. The van der Waals surface area contributed by atoms with Crippen molar-refractivity contribution in [2.45, 2.75) is 0 Å². The van der Waals surface area contributed by atoms with Crippen LogP contribution in [0.4, 0.5) is 0 Å². The molecule has 0 fully saturated rings. The lowest BCUT2D eigenvalue weighted by molar-refractivity contribution is 0.670. The summed E-state index contributed by atoms with van der Waals surface area (Å²) in [6.07, 6.45) is 0. The zero-order chi connectivity index (χ0) is 51.7. The number of furan rings is 1. The Labute approximate surface area is 444 Å². The number of hydrogen-bond donors (Lipinski definition) is 0. The molecular weight excluding hydrogens is 844 g/mol. The van der Waals surface area contributed by atoms with Crippen LogP contribution in [0, 0.1) is 0 Å². The van der Waals surface area contributed by atoms with Gasteiger partial charge in [-0.1, -0.05) is 113 Å². The standard InChI is InChI=1S/C50H9B21O/c51-29-19(24-25(37(59)47(69)46(68)36(24)58)26-28(29)41(63)49(71)48(70)38(26)60)17-20-22(34(56)44(66)42(64)32(20)54)18(23-21(17)33(55)43(65)45(67)35(23)57)27-39(61)30(52)16(31(53)40(27)62)13-7-3-6-12-14-8-10-4-1-2-5-11(10)9-15(14)72-50(12)13/h1-9H. The van der Waals surface area contributed by atoms with Gasteiger partial charge in [0.15, 0.2) is 0 Å². The van der Waals surface area contributed by atoms with Gasteiger partial charge < -0.3 is 4.42 Å². The SMILES string of the molecule is [B]c1c([B])c(-c2c3c([B])c([B])c([B])c([B])c3c(-c3c([B])c4c([B])c([B])c([B])c([B])c4c4c([B])c([B])c([B])c([B])c34)c3c([B])c([B])c([B])c([B])c23)c([B])c([B])c1-c1cccc2c1oc1cc3ccccc3cc12. The van der Waals surface area contributed by atoms with Crippen LogP contribution in [0.5, 0.6) is 0 Å². The van der Waals surface area contributed by atoms with E-state index in [1.54, 1.807) is 6.07 Å². The summed E-state index contributed by atoms with van der Waals surface area (Å²) in [6.45, 7) is 0. The first kappa shape index (κ1) is 48.9. The van der Waals surface area contributed by atoms with Crippen molar-refractivity contribution in [3.63, 3.8) is 0 Å². The van der Waals surface area contributed by atoms with Gasteiger partial charge in [0, 0.05) is 16.3 Å². The minimum atomic E-state index is -0.149. The highest BCUT2D eigenvalue weighted by Crippen LogP contribution is 2.42. The van der Waals surface area contributed by atoms with Crippen LogP contribution in [0.3, 0.4) is 0 Å². The Morgan fingerprint density at radius 1 is 0.236 bits per heavy atom. The van der Waals surface area contributed by atoms with Gasteiger partial charge in [-0.2, -0.15) is 0 Å². The molecule has 0 aliphatic carbocycles. The zero-order valence-electron chi connectivity index (χ0n) is 38.2. The number of hydrogen-bond acceptors (Lipinski definition) is 1. The predicted octanol–water partition coefficient (Wildman–Crippen LogP) is -11.0. The first-order chi connectivity index (χ1) is 34.0. The van der Waals surface area contributed by atoms with Gasteiger partial charge in [-0.3, -0.25) is 0 Å². The van der Waals surface area contributed by atoms with Crippen LogP contribution in [0.1, 0.15) is 0 Å². The van der Waals surface area contributed by atoms with E-state index in [1.165, 1.54) is 0 Å². The predicted molar refractivity (Wildman–Crippen MR) is 331 cm³/mol. The Kier molecular flexibility index (Phi) is 11.4. The molecule has 0 amide bonds. The smallest absolute Gasteiger partial charge is 0.143 e. The van der Waals surface area contributed by atoms with Crippen molar-refractivity contribution in [1.29, 1.82) is 0 Å². The van der Waals surface area contributed by atoms with Crippen LogP contribution in [0.25, 0.3) is 109 Å². The molecule has 0 saturated carbocycles. The highest BCUT2D eigenvalue weighted by atomic mass is 16.3. The topological polar surface area (TPSA) is 13.1 Å². The lowest BCUT2D eigenvalue weighted by Gasteiger charge is -2.33. The van der Waals surface area contributed by atoms with Gasteiger partial charge in [0.05, 0.1) is 0 Å². The Balaban J connectivity index is 1.37. The minimum Gasteiger partial charge on any atom is -0.455 e. The largest absolute Gasteiger partial charge is 0.455 e. The highest BCUT2D eigenvalue weighted by Gasteiger charge is 2.31. The first-order valence-corrected chi connectivity index (χ1v) is 21.9. The molecule has 0 aliphatic rings. The van der Waals surface area contributed by atoms with Crippen molar-refractivity contribution in [2.24, 2.45) is 0 Å². The third-order valence-corrected chi connectivity index (χ3v) is 14.5. The third-order valence-electron chi connectivity index (χ3n) is 14.5. The van der Waals surface area contributed by atoms with Gasteiger partial charge in [0.2, 0.25) is 0 Å². The second-order valence-corrected chi connectivity index (χ2v) is 18.0. The summed E-state index contributed by atoms with van der Waals surface area (Å²) in [5.74, 6) is 0. The van der Waals surface area contributed by atoms with Crippen molar-refractivity contribution in [3.05, 3.63) is 54.6 Å². The van der Waals surface area contributed by atoms with E-state index in [1.807, 2.05) is 42.5 Å². The van der Waals surface area contributed by atoms with E-state index in [4.69, 9.17) is 169 Å². The minimum absolute atomic E-state index is 0.00359. The number of benzene rings is 10. The summed E-state index contributed by atoms with van der Waals surface area (Å²) in [4.78, 5) is 0. The molecule has 0 unspecified atom stereocenters. The van der Waals surface area contributed by atoms with E-state index in [2.05, 4.69) is 6.07 Å². The molecule has 72 heavy (non-hydrogen) atoms. The maximum Gasteiger partial charge on any atom is 0.143 e. The Morgan fingerprint density at radius 2 is 0.583 bits per heavy atom. The maximum atomic E-state index is 7.37. The lowest BCUT2D eigenvalue weighted by Crippen LogP contribution is -2.52.